The van der Waals surface area contributed by atoms with Gasteiger partial charge in [0.25, 0.3) is 5.92 Å². The number of rotatable bonds is 7. The lowest BCUT2D eigenvalue weighted by Crippen LogP contribution is -2.41. The molecule has 0 bridgehead atoms. The molecule has 2 fully saturated rings. The second kappa shape index (κ2) is 15.1. The topological polar surface area (TPSA) is 100 Å². The van der Waals surface area contributed by atoms with Gasteiger partial charge in [-0.2, -0.15) is 10.3 Å². The van der Waals surface area contributed by atoms with Gasteiger partial charge in [0.1, 0.15) is 22.7 Å². The van der Waals surface area contributed by atoms with E-state index in [2.05, 4.69) is 27.1 Å². The number of thiophene rings is 1. The first-order valence-electron chi connectivity index (χ1n) is 15.2. The van der Waals surface area contributed by atoms with E-state index in [0.717, 1.165) is 46.4 Å². The number of pyridine rings is 1. The molecule has 248 valence electrons. The van der Waals surface area contributed by atoms with E-state index in [1.807, 2.05) is 34.0 Å². The van der Waals surface area contributed by atoms with E-state index in [0.29, 0.717) is 58.5 Å². The molecule has 3 unspecified atom stereocenters. The number of aromatic nitrogens is 1. The Morgan fingerprint density at radius 2 is 2.09 bits per heavy atom. The van der Waals surface area contributed by atoms with Gasteiger partial charge in [-0.05, 0) is 69.9 Å². The Bertz CT molecular complexity index is 1670. The molecule has 0 radical (unpaired) electrons. The van der Waals surface area contributed by atoms with Gasteiger partial charge in [-0.1, -0.05) is 6.92 Å². The van der Waals surface area contributed by atoms with Gasteiger partial charge >= 0.3 is 0 Å². The average molecular weight is 675 g/mol. The van der Waals surface area contributed by atoms with Crippen molar-refractivity contribution >= 4 is 46.8 Å². The first-order chi connectivity index (χ1) is 21.8. The molecule has 0 spiro atoms. The van der Waals surface area contributed by atoms with Gasteiger partial charge in [0, 0.05) is 60.8 Å². The van der Waals surface area contributed by atoms with Crippen molar-refractivity contribution in [2.45, 2.75) is 52.0 Å². The van der Waals surface area contributed by atoms with Crippen LogP contribution in [0, 0.1) is 30.0 Å². The zero-order valence-electron chi connectivity index (χ0n) is 27.2. The van der Waals surface area contributed by atoms with Crippen molar-refractivity contribution < 1.29 is 22.6 Å². The number of hydrogen-bond acceptors (Lipinski definition) is 8. The quantitative estimate of drug-likeness (QED) is 0.136. The number of methoxy groups -OCH3 is 1. The largest absolute Gasteiger partial charge is 0.481 e. The smallest absolute Gasteiger partial charge is 0.252 e. The van der Waals surface area contributed by atoms with Gasteiger partial charge in [-0.25, -0.2) is 13.2 Å². The normalized spacial score (nSPS) is 19.8. The van der Waals surface area contributed by atoms with Gasteiger partial charge < -0.3 is 25.0 Å². The molecule has 3 aromatic rings. The molecule has 13 heteroatoms. The highest BCUT2D eigenvalue weighted by molar-refractivity contribution is 7.28. The summed E-state index contributed by atoms with van der Waals surface area (Å²) in [6.45, 7) is 8.73. The molecule has 1 saturated carbocycles. The van der Waals surface area contributed by atoms with Crippen molar-refractivity contribution in [2.75, 3.05) is 53.2 Å². The molecular weight excluding hydrogens is 632 g/mol. The van der Waals surface area contributed by atoms with E-state index < -0.39 is 11.7 Å². The number of anilines is 1. The minimum absolute atomic E-state index is 0.0885. The highest BCUT2D eigenvalue weighted by atomic mass is 32.1. The van der Waals surface area contributed by atoms with E-state index >= 15 is 0 Å². The second-order valence-corrected chi connectivity index (χ2v) is 13.4. The maximum atomic E-state index is 14.6. The van der Waals surface area contributed by atoms with E-state index in [4.69, 9.17) is 25.2 Å². The number of nitriles is 1. The van der Waals surface area contributed by atoms with Gasteiger partial charge in [-0.15, -0.1) is 20.6 Å². The van der Waals surface area contributed by atoms with Crippen LogP contribution < -0.4 is 11.0 Å². The van der Waals surface area contributed by atoms with Crippen molar-refractivity contribution in [1.82, 2.24) is 14.8 Å². The zero-order chi connectivity index (χ0) is 33.8. The Kier molecular flexibility index (Phi) is 11.7. The Morgan fingerprint density at radius 1 is 1.37 bits per heavy atom. The van der Waals surface area contributed by atoms with Crippen molar-refractivity contribution in [3.05, 3.63) is 52.8 Å². The molecule has 1 aliphatic heterocycles. The Hall–Kier alpha value is -3.23. The highest BCUT2D eigenvalue weighted by Gasteiger charge is 2.56. The number of hydrogen-bond donors (Lipinski definition) is 1. The summed E-state index contributed by atoms with van der Waals surface area (Å²) in [5.41, 5.74) is 9.47. The van der Waals surface area contributed by atoms with Gasteiger partial charge in [0.05, 0.1) is 29.7 Å². The van der Waals surface area contributed by atoms with Crippen LogP contribution in [0.25, 0.3) is 21.3 Å². The third-order valence-electron chi connectivity index (χ3n) is 8.12. The van der Waals surface area contributed by atoms with Crippen LogP contribution in [0.5, 0.6) is 0 Å². The van der Waals surface area contributed by atoms with Crippen LogP contribution in [0.1, 0.15) is 49.8 Å². The van der Waals surface area contributed by atoms with Crippen molar-refractivity contribution in [2.24, 2.45) is 10.9 Å². The molecule has 46 heavy (non-hydrogen) atoms. The minimum atomic E-state index is -2.34. The van der Waals surface area contributed by atoms with Crippen LogP contribution in [0.15, 0.2) is 35.3 Å². The molecule has 1 aromatic carbocycles. The zero-order valence-corrected chi connectivity index (χ0v) is 29.1. The number of halogens is 3. The second-order valence-electron chi connectivity index (χ2n) is 11.8. The number of nitrogens with zero attached hydrogens (tertiary/aromatic N) is 5. The number of aliphatic imine (C=N–C) groups is 1. The summed E-state index contributed by atoms with van der Waals surface area (Å²) in [7, 11) is 8.02. The molecule has 0 amide bonds. The molecule has 8 nitrogen and oxygen atoms in total. The fourth-order valence-electron chi connectivity index (χ4n) is 5.41. The number of amidine groups is 1. The lowest BCUT2D eigenvalue weighted by molar-refractivity contribution is 0.0923. The van der Waals surface area contributed by atoms with Crippen molar-refractivity contribution in [1.29, 1.82) is 5.26 Å². The number of ether oxygens (including phenoxy) is 2. The molecule has 3 atom stereocenters. The van der Waals surface area contributed by atoms with Crippen LogP contribution >= 0.6 is 20.6 Å². The molecule has 5 rings (SSSR count). The van der Waals surface area contributed by atoms with E-state index in [1.54, 1.807) is 24.3 Å². The third kappa shape index (κ3) is 7.83. The maximum absolute atomic E-state index is 14.6. The van der Waals surface area contributed by atoms with Crippen molar-refractivity contribution in [3.63, 3.8) is 0 Å². The summed E-state index contributed by atoms with van der Waals surface area (Å²) in [5.74, 6) is -1.81. The molecule has 1 aliphatic carbocycles. The SMILES string of the molecule is CC/C=C(/N=C(\c1cnc(-c2ccc(F)c3sc(N)c(C#N)c23)c(P)c1C)N1CCOCCC1C)OC.CN(C)CC1CC1(F)F. The number of alkyl halides is 2. The molecule has 3 heterocycles. The summed E-state index contributed by atoms with van der Waals surface area (Å²) < 4.78 is 50.5. The Balaban J connectivity index is 0.000000459. The first kappa shape index (κ1) is 35.6. The lowest BCUT2D eigenvalue weighted by atomic mass is 9.99. The van der Waals surface area contributed by atoms with Gasteiger partial charge in [0.15, 0.2) is 0 Å². The Labute approximate surface area is 275 Å². The molecule has 1 saturated heterocycles. The number of nitrogens with two attached hydrogens (primary N) is 1. The van der Waals surface area contributed by atoms with Crippen molar-refractivity contribution in [3.8, 4) is 17.3 Å². The van der Waals surface area contributed by atoms with E-state index in [1.165, 1.54) is 6.07 Å². The molecule has 2 aliphatic rings. The summed E-state index contributed by atoms with van der Waals surface area (Å²) in [6.07, 6.45) is 5.49. The molecular formula is C33H42F3N6O2PS. The summed E-state index contributed by atoms with van der Waals surface area (Å²) in [6, 6.07) is 5.41. The number of fused-ring (bicyclic) bond motifs is 1. The lowest BCUT2D eigenvalue weighted by Gasteiger charge is -2.31. The monoisotopic (exact) mass is 674 g/mol. The molecule has 2 N–H and O–H groups in total. The van der Waals surface area contributed by atoms with E-state index in [9.17, 15) is 18.4 Å². The number of benzene rings is 1. The maximum Gasteiger partial charge on any atom is 0.252 e. The minimum Gasteiger partial charge on any atom is -0.481 e. The van der Waals surface area contributed by atoms with E-state index in [-0.39, 0.29) is 23.9 Å². The Morgan fingerprint density at radius 3 is 2.67 bits per heavy atom. The first-order valence-corrected chi connectivity index (χ1v) is 16.6. The fraction of sp³-hybridized carbons (Fsp3) is 0.485. The van der Waals surface area contributed by atoms with Gasteiger partial charge in [0.2, 0.25) is 5.88 Å². The average Bonchev–Trinajstić information content (AvgIpc) is 3.54. The van der Waals surface area contributed by atoms with Gasteiger partial charge in [-0.3, -0.25) is 4.98 Å². The standard InChI is InChI=1S/C27H31FN5O2PS.C6H11F2N/c1-5-6-21(34-4)32-27(33-10-12-35-11-9-15(33)2)19-14-31-23(24(36)16(19)3)17-7-8-20(28)25-22(17)18(13-29)26(30)37-25;1-9(2)4-5-3-6(5,7)8/h6-8,14-15H,5,9-12,30,36H2,1-4H3;5H,3-4H2,1-2H3/b21-6-,32-27+;. The fourth-order valence-corrected chi connectivity index (χ4v) is 6.74. The summed E-state index contributed by atoms with van der Waals surface area (Å²) >= 11 is 1.08. The van der Waals surface area contributed by atoms with Crippen LogP contribution in [0.3, 0.4) is 0 Å². The van der Waals surface area contributed by atoms with Crippen LogP contribution in [0.2, 0.25) is 0 Å². The number of allylic oxidation sites excluding steroid dienone is 1. The predicted molar refractivity (Wildman–Crippen MR) is 183 cm³/mol. The molecule has 2 aromatic heterocycles. The van der Waals surface area contributed by atoms with Crippen LogP contribution in [0.4, 0.5) is 18.2 Å². The van der Waals surface area contributed by atoms with Crippen LogP contribution in [-0.4, -0.2) is 80.1 Å². The third-order valence-corrected chi connectivity index (χ3v) is 9.85. The predicted octanol–water partition coefficient (Wildman–Crippen LogP) is 6.32. The highest BCUT2D eigenvalue weighted by Crippen LogP contribution is 2.48. The van der Waals surface area contributed by atoms with Crippen LogP contribution in [-0.2, 0) is 9.47 Å². The summed E-state index contributed by atoms with van der Waals surface area (Å²) in [4.78, 5) is 13.8. The summed E-state index contributed by atoms with van der Waals surface area (Å²) in [5, 5.41) is 11.4. The number of nitrogen functional groups attached to an aromatic ring is 1.